The summed E-state index contributed by atoms with van der Waals surface area (Å²) in [5.74, 6) is 0.826. The Morgan fingerprint density at radius 1 is 1.11 bits per heavy atom. The highest BCUT2D eigenvalue weighted by Crippen LogP contribution is 2.19. The maximum absolute atomic E-state index is 13.6. The zero-order valence-electron chi connectivity index (χ0n) is 14.9. The molecule has 0 fully saturated rings. The minimum Gasteiger partial charge on any atom is -0.497 e. The number of carbonyl (C=O) groups excluding carboxylic acids is 1. The smallest absolute Gasteiger partial charge is 0.251 e. The molecule has 3 rings (SSSR count). The molecule has 0 bridgehead atoms. The summed E-state index contributed by atoms with van der Waals surface area (Å²) in [7, 11) is 1.61. The molecular formula is C21H20FN3O2. The van der Waals surface area contributed by atoms with Crippen LogP contribution in [0.3, 0.4) is 0 Å². The monoisotopic (exact) mass is 365 g/mol. The highest BCUT2D eigenvalue weighted by molar-refractivity contribution is 5.94. The summed E-state index contributed by atoms with van der Waals surface area (Å²) in [4.78, 5) is 16.6. The number of anilines is 2. The lowest BCUT2D eigenvalue weighted by atomic mass is 10.1. The van der Waals surface area contributed by atoms with Crippen LogP contribution in [-0.4, -0.2) is 24.5 Å². The largest absolute Gasteiger partial charge is 0.497 e. The SMILES string of the molecule is COc1ccc(Nc2cc(C(=O)NCCc3ccccc3F)ccn2)cc1. The van der Waals surface area contributed by atoms with Crippen LogP contribution in [0.15, 0.2) is 66.9 Å². The molecule has 3 aromatic rings. The topological polar surface area (TPSA) is 63.2 Å². The standard InChI is InChI=1S/C21H20FN3O2/c1-27-18-8-6-17(7-9-18)25-20-14-16(11-12-23-20)21(26)24-13-10-15-4-2-3-5-19(15)22/h2-9,11-12,14H,10,13H2,1H3,(H,23,25)(H,24,26). The van der Waals surface area contributed by atoms with E-state index in [1.165, 1.54) is 6.07 Å². The summed E-state index contributed by atoms with van der Waals surface area (Å²) in [5.41, 5.74) is 1.89. The lowest BCUT2D eigenvalue weighted by Crippen LogP contribution is -2.26. The number of hydrogen-bond donors (Lipinski definition) is 2. The molecular weight excluding hydrogens is 345 g/mol. The van der Waals surface area contributed by atoms with Gasteiger partial charge in [0.1, 0.15) is 17.4 Å². The first-order valence-electron chi connectivity index (χ1n) is 8.54. The van der Waals surface area contributed by atoms with Crippen molar-refractivity contribution in [2.45, 2.75) is 6.42 Å². The zero-order valence-corrected chi connectivity index (χ0v) is 14.9. The first kappa shape index (κ1) is 18.4. The zero-order chi connectivity index (χ0) is 19.1. The van der Waals surface area contributed by atoms with E-state index in [9.17, 15) is 9.18 Å². The number of halogens is 1. The fourth-order valence-corrected chi connectivity index (χ4v) is 2.58. The summed E-state index contributed by atoms with van der Waals surface area (Å²) in [5, 5.41) is 5.95. The van der Waals surface area contributed by atoms with Crippen molar-refractivity contribution in [3.05, 3.63) is 83.8 Å². The first-order valence-corrected chi connectivity index (χ1v) is 8.54. The van der Waals surface area contributed by atoms with Gasteiger partial charge in [0, 0.05) is 24.0 Å². The Bertz CT molecular complexity index is 913. The molecule has 0 aliphatic heterocycles. The number of carbonyl (C=O) groups is 1. The van der Waals surface area contributed by atoms with E-state index < -0.39 is 0 Å². The Kier molecular flexibility index (Phi) is 5.99. The Balaban J connectivity index is 1.58. The lowest BCUT2D eigenvalue weighted by molar-refractivity contribution is 0.0954. The van der Waals surface area contributed by atoms with Gasteiger partial charge in [0.2, 0.25) is 0 Å². The third-order valence-electron chi connectivity index (χ3n) is 4.02. The van der Waals surface area contributed by atoms with Crippen molar-refractivity contribution >= 4 is 17.4 Å². The highest BCUT2D eigenvalue weighted by atomic mass is 19.1. The molecule has 5 nitrogen and oxygen atoms in total. The minimum atomic E-state index is -0.262. The normalized spacial score (nSPS) is 10.3. The molecule has 2 N–H and O–H groups in total. The van der Waals surface area contributed by atoms with Crippen molar-refractivity contribution in [1.29, 1.82) is 0 Å². The van der Waals surface area contributed by atoms with Crippen LogP contribution in [0.1, 0.15) is 15.9 Å². The summed E-state index contributed by atoms with van der Waals surface area (Å²) >= 11 is 0. The van der Waals surface area contributed by atoms with Crippen LogP contribution in [0.4, 0.5) is 15.9 Å². The number of nitrogens with zero attached hydrogens (tertiary/aromatic N) is 1. The van der Waals surface area contributed by atoms with Crippen LogP contribution in [0.5, 0.6) is 5.75 Å². The van der Waals surface area contributed by atoms with E-state index >= 15 is 0 Å². The maximum Gasteiger partial charge on any atom is 0.251 e. The van der Waals surface area contributed by atoms with Crippen molar-refractivity contribution in [3.63, 3.8) is 0 Å². The summed E-state index contributed by atoms with van der Waals surface area (Å²) < 4.78 is 18.7. The first-order chi connectivity index (χ1) is 13.2. The van der Waals surface area contributed by atoms with E-state index in [2.05, 4.69) is 15.6 Å². The number of ether oxygens (including phenoxy) is 1. The number of aromatic nitrogens is 1. The molecule has 0 atom stereocenters. The van der Waals surface area contributed by atoms with E-state index in [1.807, 2.05) is 24.3 Å². The van der Waals surface area contributed by atoms with Crippen LogP contribution in [0, 0.1) is 5.82 Å². The molecule has 138 valence electrons. The predicted molar refractivity (Wildman–Crippen MR) is 103 cm³/mol. The molecule has 1 aromatic heterocycles. The van der Waals surface area contributed by atoms with Gasteiger partial charge in [0.25, 0.3) is 5.91 Å². The van der Waals surface area contributed by atoms with E-state index in [0.717, 1.165) is 11.4 Å². The quantitative estimate of drug-likeness (QED) is 0.666. The van der Waals surface area contributed by atoms with Crippen LogP contribution in [-0.2, 0) is 6.42 Å². The average molecular weight is 365 g/mol. The van der Waals surface area contributed by atoms with Crippen LogP contribution in [0.2, 0.25) is 0 Å². The van der Waals surface area contributed by atoms with Gasteiger partial charge < -0.3 is 15.4 Å². The minimum absolute atomic E-state index is 0.230. The number of hydrogen-bond acceptors (Lipinski definition) is 4. The van der Waals surface area contributed by atoms with Gasteiger partial charge in [0.05, 0.1) is 7.11 Å². The Morgan fingerprint density at radius 3 is 2.63 bits per heavy atom. The third kappa shape index (κ3) is 5.04. The van der Waals surface area contributed by atoms with Crippen LogP contribution < -0.4 is 15.4 Å². The van der Waals surface area contributed by atoms with Crippen molar-refractivity contribution < 1.29 is 13.9 Å². The third-order valence-corrected chi connectivity index (χ3v) is 4.02. The van der Waals surface area contributed by atoms with E-state index in [-0.39, 0.29) is 11.7 Å². The van der Waals surface area contributed by atoms with Gasteiger partial charge in [0.15, 0.2) is 0 Å². The molecule has 0 aliphatic rings. The van der Waals surface area contributed by atoms with Gasteiger partial charge in [-0.25, -0.2) is 9.37 Å². The number of pyridine rings is 1. The molecule has 1 amide bonds. The van der Waals surface area contributed by atoms with E-state index in [1.54, 1.807) is 43.6 Å². The van der Waals surface area contributed by atoms with Gasteiger partial charge in [-0.1, -0.05) is 18.2 Å². The number of rotatable bonds is 7. The molecule has 0 saturated heterocycles. The second kappa shape index (κ2) is 8.80. The van der Waals surface area contributed by atoms with Crippen molar-refractivity contribution in [1.82, 2.24) is 10.3 Å². The second-order valence-corrected chi connectivity index (χ2v) is 5.88. The second-order valence-electron chi connectivity index (χ2n) is 5.88. The molecule has 0 aliphatic carbocycles. The number of benzene rings is 2. The fourth-order valence-electron chi connectivity index (χ4n) is 2.58. The Labute approximate surface area is 157 Å². The lowest BCUT2D eigenvalue weighted by Gasteiger charge is -2.09. The number of amides is 1. The van der Waals surface area contributed by atoms with Gasteiger partial charge in [-0.3, -0.25) is 4.79 Å². The van der Waals surface area contributed by atoms with Gasteiger partial charge in [-0.15, -0.1) is 0 Å². The Hall–Kier alpha value is -3.41. The number of nitrogens with one attached hydrogen (secondary N) is 2. The van der Waals surface area contributed by atoms with E-state index in [4.69, 9.17) is 4.74 Å². The molecule has 0 unspecified atom stereocenters. The summed E-state index contributed by atoms with van der Waals surface area (Å²) in [6, 6.07) is 17.3. The van der Waals surface area contributed by atoms with Crippen molar-refractivity contribution in [2.75, 3.05) is 19.0 Å². The molecule has 0 spiro atoms. The predicted octanol–water partition coefficient (Wildman–Crippen LogP) is 3.95. The van der Waals surface area contributed by atoms with Crippen molar-refractivity contribution in [2.24, 2.45) is 0 Å². The van der Waals surface area contributed by atoms with Gasteiger partial charge in [-0.2, -0.15) is 0 Å². The molecule has 0 radical (unpaired) electrons. The fraction of sp³-hybridized carbons (Fsp3) is 0.143. The van der Waals surface area contributed by atoms with Crippen LogP contribution >= 0.6 is 0 Å². The summed E-state index contributed by atoms with van der Waals surface area (Å²) in [6.07, 6.45) is 2.00. The molecule has 27 heavy (non-hydrogen) atoms. The van der Waals surface area contributed by atoms with Crippen LogP contribution in [0.25, 0.3) is 0 Å². The highest BCUT2D eigenvalue weighted by Gasteiger charge is 2.08. The summed E-state index contributed by atoms with van der Waals surface area (Å²) in [6.45, 7) is 0.351. The number of methoxy groups -OCH3 is 1. The van der Waals surface area contributed by atoms with Crippen molar-refractivity contribution in [3.8, 4) is 5.75 Å². The maximum atomic E-state index is 13.6. The van der Waals surface area contributed by atoms with Gasteiger partial charge in [-0.05, 0) is 54.4 Å². The molecule has 6 heteroatoms. The van der Waals surface area contributed by atoms with Gasteiger partial charge >= 0.3 is 0 Å². The Morgan fingerprint density at radius 2 is 1.89 bits per heavy atom. The van der Waals surface area contributed by atoms with E-state index in [0.29, 0.717) is 29.9 Å². The molecule has 0 saturated carbocycles. The molecule has 1 heterocycles. The average Bonchev–Trinajstić information content (AvgIpc) is 2.70. The molecule has 2 aromatic carbocycles.